The lowest BCUT2D eigenvalue weighted by molar-refractivity contribution is -0.131. The molecule has 1 aromatic rings. The first-order valence-electron chi connectivity index (χ1n) is 6.73. The molecule has 0 heterocycles. The number of hydrogen-bond acceptors (Lipinski definition) is 3. The summed E-state index contributed by atoms with van der Waals surface area (Å²) in [4.78, 5) is 12.9. The molecule has 0 saturated carbocycles. The van der Waals surface area contributed by atoms with Crippen LogP contribution >= 0.6 is 11.8 Å². The Hall–Kier alpha value is -1.42. The van der Waals surface area contributed by atoms with Crippen LogP contribution in [-0.4, -0.2) is 36.2 Å². The molecule has 0 amide bonds. The van der Waals surface area contributed by atoms with E-state index in [4.69, 9.17) is 5.11 Å². The number of rotatable bonds is 7. The van der Waals surface area contributed by atoms with Gasteiger partial charge in [-0.25, -0.2) is 4.79 Å². The van der Waals surface area contributed by atoms with Crippen LogP contribution in [0.3, 0.4) is 0 Å². The van der Waals surface area contributed by atoms with Gasteiger partial charge in [-0.15, -0.1) is 0 Å². The smallest absolute Gasteiger partial charge is 0.328 e. The lowest BCUT2D eigenvalue weighted by Gasteiger charge is -2.30. The van der Waals surface area contributed by atoms with E-state index in [2.05, 4.69) is 38.1 Å². The van der Waals surface area contributed by atoms with Crippen molar-refractivity contribution in [2.75, 3.05) is 24.0 Å². The van der Waals surface area contributed by atoms with Crippen molar-refractivity contribution in [1.82, 2.24) is 0 Å². The number of carboxylic acids is 1. The van der Waals surface area contributed by atoms with Crippen LogP contribution in [0.2, 0.25) is 0 Å². The highest BCUT2D eigenvalue weighted by Gasteiger charge is 2.14. The number of thioether (sulfide) groups is 1. The number of hydrogen-bond donors (Lipinski definition) is 1. The summed E-state index contributed by atoms with van der Waals surface area (Å²) < 4.78 is 0. The zero-order valence-electron chi connectivity index (χ0n) is 12.6. The van der Waals surface area contributed by atoms with Gasteiger partial charge in [0.2, 0.25) is 0 Å². The van der Waals surface area contributed by atoms with Crippen LogP contribution in [0.25, 0.3) is 6.08 Å². The lowest BCUT2D eigenvalue weighted by atomic mass is 10.1. The van der Waals surface area contributed by atoms with Crippen LogP contribution in [0, 0.1) is 6.92 Å². The molecule has 1 rings (SSSR count). The molecule has 110 valence electrons. The van der Waals surface area contributed by atoms with Crippen LogP contribution in [0.15, 0.2) is 24.3 Å². The summed E-state index contributed by atoms with van der Waals surface area (Å²) in [7, 11) is 2.12. The Morgan fingerprint density at radius 3 is 2.70 bits per heavy atom. The molecule has 1 aromatic carbocycles. The lowest BCUT2D eigenvalue weighted by Crippen LogP contribution is -2.33. The van der Waals surface area contributed by atoms with Crippen molar-refractivity contribution in [2.24, 2.45) is 0 Å². The third kappa shape index (κ3) is 4.60. The molecule has 0 radical (unpaired) electrons. The van der Waals surface area contributed by atoms with Crippen LogP contribution < -0.4 is 4.90 Å². The zero-order valence-corrected chi connectivity index (χ0v) is 13.4. The van der Waals surface area contributed by atoms with E-state index >= 15 is 0 Å². The SMILES string of the molecule is CCC(CSC)N(C)c1ccc(/C=C/C(=O)O)cc1C. The summed E-state index contributed by atoms with van der Waals surface area (Å²) in [6.45, 7) is 4.27. The maximum atomic E-state index is 10.5. The van der Waals surface area contributed by atoms with Gasteiger partial charge < -0.3 is 10.0 Å². The van der Waals surface area contributed by atoms with E-state index in [-0.39, 0.29) is 0 Å². The van der Waals surface area contributed by atoms with Gasteiger partial charge in [0.05, 0.1) is 0 Å². The minimum Gasteiger partial charge on any atom is -0.478 e. The minimum atomic E-state index is -0.921. The monoisotopic (exact) mass is 293 g/mol. The largest absolute Gasteiger partial charge is 0.478 e. The first kappa shape index (κ1) is 16.6. The Morgan fingerprint density at radius 1 is 1.50 bits per heavy atom. The Balaban J connectivity index is 2.94. The molecule has 0 spiro atoms. The number of nitrogens with zero attached hydrogens (tertiary/aromatic N) is 1. The number of aryl methyl sites for hydroxylation is 1. The predicted octanol–water partition coefficient (Wildman–Crippen LogP) is 3.67. The van der Waals surface area contributed by atoms with Crippen molar-refractivity contribution in [1.29, 1.82) is 0 Å². The molecule has 1 N–H and O–H groups in total. The summed E-state index contributed by atoms with van der Waals surface area (Å²) in [5, 5.41) is 8.65. The van der Waals surface area contributed by atoms with Gasteiger partial charge in [0.15, 0.2) is 0 Å². The standard InChI is InChI=1S/C16H23NO2S/c1-5-14(11-20-4)17(3)15-8-6-13(10-12(15)2)7-9-16(18)19/h6-10,14H,5,11H2,1-4H3,(H,18,19)/b9-7+. The van der Waals surface area contributed by atoms with Crippen molar-refractivity contribution in [3.63, 3.8) is 0 Å². The average molecular weight is 293 g/mol. The fraction of sp³-hybridized carbons (Fsp3) is 0.438. The van der Waals surface area contributed by atoms with Gasteiger partial charge in [0, 0.05) is 30.6 Å². The van der Waals surface area contributed by atoms with Gasteiger partial charge in [0.25, 0.3) is 0 Å². The molecular weight excluding hydrogens is 270 g/mol. The van der Waals surface area contributed by atoms with E-state index in [1.165, 1.54) is 17.3 Å². The number of anilines is 1. The average Bonchev–Trinajstić information content (AvgIpc) is 2.42. The highest BCUT2D eigenvalue weighted by molar-refractivity contribution is 7.98. The third-order valence-corrected chi connectivity index (χ3v) is 4.12. The summed E-state index contributed by atoms with van der Waals surface area (Å²) in [6, 6.07) is 6.57. The first-order valence-corrected chi connectivity index (χ1v) is 8.12. The van der Waals surface area contributed by atoms with Gasteiger partial charge in [-0.1, -0.05) is 13.0 Å². The van der Waals surface area contributed by atoms with E-state index in [0.29, 0.717) is 6.04 Å². The second kappa shape index (κ2) is 8.00. The molecule has 0 aliphatic carbocycles. The molecule has 0 aliphatic heterocycles. The van der Waals surface area contributed by atoms with E-state index in [9.17, 15) is 4.79 Å². The molecule has 0 fully saturated rings. The van der Waals surface area contributed by atoms with Gasteiger partial charge >= 0.3 is 5.97 Å². The summed E-state index contributed by atoms with van der Waals surface area (Å²) in [6.07, 6.45) is 6.03. The van der Waals surface area contributed by atoms with Gasteiger partial charge in [-0.3, -0.25) is 0 Å². The number of aliphatic carboxylic acids is 1. The van der Waals surface area contributed by atoms with E-state index < -0.39 is 5.97 Å². The number of carbonyl (C=O) groups is 1. The summed E-state index contributed by atoms with van der Waals surface area (Å²) in [5.74, 6) is 0.183. The van der Waals surface area contributed by atoms with Gasteiger partial charge in [-0.05, 0) is 48.9 Å². The summed E-state index contributed by atoms with van der Waals surface area (Å²) >= 11 is 1.86. The fourth-order valence-electron chi connectivity index (χ4n) is 2.24. The van der Waals surface area contributed by atoms with Gasteiger partial charge in [0.1, 0.15) is 0 Å². The Kier molecular flexibility index (Phi) is 6.65. The molecule has 4 heteroatoms. The first-order chi connectivity index (χ1) is 9.49. The Labute approximate surface area is 125 Å². The number of carboxylic acid groups (broad SMARTS) is 1. The molecule has 0 saturated heterocycles. The fourth-order valence-corrected chi connectivity index (χ4v) is 3.08. The maximum Gasteiger partial charge on any atom is 0.328 e. The number of benzene rings is 1. The van der Waals surface area contributed by atoms with Crippen LogP contribution in [0.4, 0.5) is 5.69 Å². The molecular formula is C16H23NO2S. The maximum absolute atomic E-state index is 10.5. The van der Waals surface area contributed by atoms with Crippen molar-refractivity contribution < 1.29 is 9.90 Å². The van der Waals surface area contributed by atoms with E-state index in [1.807, 2.05) is 23.9 Å². The molecule has 1 atom stereocenters. The Morgan fingerprint density at radius 2 is 2.20 bits per heavy atom. The summed E-state index contributed by atoms with van der Waals surface area (Å²) in [5.41, 5.74) is 3.29. The van der Waals surface area contributed by atoms with Gasteiger partial charge in [-0.2, -0.15) is 11.8 Å². The second-order valence-electron chi connectivity index (χ2n) is 4.85. The second-order valence-corrected chi connectivity index (χ2v) is 5.76. The van der Waals surface area contributed by atoms with Crippen molar-refractivity contribution in [3.05, 3.63) is 35.4 Å². The molecule has 1 unspecified atom stereocenters. The van der Waals surface area contributed by atoms with Crippen molar-refractivity contribution in [2.45, 2.75) is 26.3 Å². The van der Waals surface area contributed by atoms with E-state index in [1.54, 1.807) is 6.08 Å². The molecule has 0 bridgehead atoms. The molecule has 0 aliphatic rings. The zero-order chi connectivity index (χ0) is 15.1. The van der Waals surface area contributed by atoms with Crippen LogP contribution in [0.1, 0.15) is 24.5 Å². The van der Waals surface area contributed by atoms with Crippen LogP contribution in [-0.2, 0) is 4.79 Å². The van der Waals surface area contributed by atoms with Crippen molar-refractivity contribution in [3.8, 4) is 0 Å². The van der Waals surface area contributed by atoms with Crippen molar-refractivity contribution >= 4 is 29.5 Å². The molecule has 0 aromatic heterocycles. The molecule has 3 nitrogen and oxygen atoms in total. The third-order valence-electron chi connectivity index (χ3n) is 3.40. The predicted molar refractivity (Wildman–Crippen MR) is 88.7 cm³/mol. The highest BCUT2D eigenvalue weighted by atomic mass is 32.2. The Bertz CT molecular complexity index is 485. The molecule has 20 heavy (non-hydrogen) atoms. The highest BCUT2D eigenvalue weighted by Crippen LogP contribution is 2.24. The quantitative estimate of drug-likeness (QED) is 0.779. The normalized spacial score (nSPS) is 12.6. The topological polar surface area (TPSA) is 40.5 Å². The van der Waals surface area contributed by atoms with Crippen LogP contribution in [0.5, 0.6) is 0 Å². The van der Waals surface area contributed by atoms with E-state index in [0.717, 1.165) is 17.7 Å². The minimum absolute atomic E-state index is 0.518.